The van der Waals surface area contributed by atoms with Crippen LogP contribution >= 0.6 is 11.8 Å². The van der Waals surface area contributed by atoms with Crippen molar-refractivity contribution in [3.05, 3.63) is 60.2 Å². The molecule has 0 aliphatic carbocycles. The zero-order chi connectivity index (χ0) is 16.8. The molecule has 1 amide bonds. The minimum atomic E-state index is 0.165. The van der Waals surface area contributed by atoms with E-state index in [2.05, 4.69) is 0 Å². The number of likely N-dealkylation sites (tertiary alicyclic amines) is 1. The van der Waals surface area contributed by atoms with Gasteiger partial charge >= 0.3 is 0 Å². The molecule has 0 saturated carbocycles. The van der Waals surface area contributed by atoms with Crippen LogP contribution in [0.3, 0.4) is 0 Å². The normalized spacial score (nSPS) is 17.3. The number of aliphatic hydroxyl groups excluding tert-OH is 1. The number of hydrogen-bond donors (Lipinski definition) is 1. The maximum atomic E-state index is 12.1. The van der Waals surface area contributed by atoms with E-state index >= 15 is 0 Å². The van der Waals surface area contributed by atoms with Gasteiger partial charge in [-0.2, -0.15) is 11.8 Å². The standard InChI is InChI=1S/C19H21NO3S/c21-10-11-24-18-12-19(22)20(14-18)13-15-6-8-17(9-7-15)23-16-4-2-1-3-5-16/h1-9,18,21H,10-14H2/t18-/m1/s1. The predicted molar refractivity (Wildman–Crippen MR) is 96.3 cm³/mol. The van der Waals surface area contributed by atoms with Crippen molar-refractivity contribution < 1.29 is 14.6 Å². The lowest BCUT2D eigenvalue weighted by Gasteiger charge is -2.17. The van der Waals surface area contributed by atoms with Crippen LogP contribution in [0.4, 0.5) is 0 Å². The molecule has 126 valence electrons. The van der Waals surface area contributed by atoms with Crippen molar-refractivity contribution in [1.82, 2.24) is 4.90 Å². The van der Waals surface area contributed by atoms with Gasteiger partial charge in [-0.1, -0.05) is 30.3 Å². The molecule has 0 unspecified atom stereocenters. The van der Waals surface area contributed by atoms with E-state index in [-0.39, 0.29) is 12.5 Å². The molecule has 0 spiro atoms. The van der Waals surface area contributed by atoms with E-state index in [0.717, 1.165) is 23.6 Å². The Morgan fingerprint density at radius 1 is 1.08 bits per heavy atom. The van der Waals surface area contributed by atoms with Crippen molar-refractivity contribution in [3.63, 3.8) is 0 Å². The lowest BCUT2D eigenvalue weighted by Crippen LogP contribution is -2.24. The van der Waals surface area contributed by atoms with Gasteiger partial charge in [0.2, 0.25) is 5.91 Å². The molecular weight excluding hydrogens is 322 g/mol. The third-order valence-corrected chi connectivity index (χ3v) is 5.10. The number of thioether (sulfide) groups is 1. The van der Waals surface area contributed by atoms with Crippen LogP contribution in [0.15, 0.2) is 54.6 Å². The zero-order valence-electron chi connectivity index (χ0n) is 13.4. The van der Waals surface area contributed by atoms with Gasteiger partial charge in [-0.15, -0.1) is 0 Å². The SMILES string of the molecule is O=C1C[C@@H](SCCO)CN1Cc1ccc(Oc2ccccc2)cc1. The Hall–Kier alpha value is -1.98. The first-order chi connectivity index (χ1) is 11.7. The first-order valence-electron chi connectivity index (χ1n) is 8.06. The van der Waals surface area contributed by atoms with Gasteiger partial charge in [0.15, 0.2) is 0 Å². The average Bonchev–Trinajstić information content (AvgIpc) is 2.95. The van der Waals surface area contributed by atoms with Crippen LogP contribution < -0.4 is 4.74 Å². The van der Waals surface area contributed by atoms with Crippen LogP contribution in [0.2, 0.25) is 0 Å². The fourth-order valence-electron chi connectivity index (χ4n) is 2.73. The molecule has 0 radical (unpaired) electrons. The second-order valence-corrected chi connectivity index (χ2v) is 7.16. The number of carbonyl (C=O) groups excluding carboxylic acids is 1. The number of hydrogen-bond acceptors (Lipinski definition) is 4. The summed E-state index contributed by atoms with van der Waals surface area (Å²) in [7, 11) is 0. The van der Waals surface area contributed by atoms with E-state index < -0.39 is 0 Å². The van der Waals surface area contributed by atoms with Crippen LogP contribution in [-0.2, 0) is 11.3 Å². The maximum Gasteiger partial charge on any atom is 0.224 e. The molecule has 2 aromatic carbocycles. The molecule has 1 fully saturated rings. The maximum absolute atomic E-state index is 12.1. The fourth-order valence-corrected chi connectivity index (χ4v) is 3.71. The van der Waals surface area contributed by atoms with Gasteiger partial charge in [-0.3, -0.25) is 4.79 Å². The molecule has 24 heavy (non-hydrogen) atoms. The Morgan fingerprint density at radius 2 is 1.79 bits per heavy atom. The average molecular weight is 343 g/mol. The van der Waals surface area contributed by atoms with E-state index in [4.69, 9.17) is 9.84 Å². The highest BCUT2D eigenvalue weighted by molar-refractivity contribution is 8.00. The minimum Gasteiger partial charge on any atom is -0.457 e. The molecule has 4 nitrogen and oxygen atoms in total. The van der Waals surface area contributed by atoms with E-state index in [1.807, 2.05) is 59.5 Å². The molecule has 1 saturated heterocycles. The van der Waals surface area contributed by atoms with E-state index in [1.54, 1.807) is 11.8 Å². The van der Waals surface area contributed by atoms with Crippen LogP contribution in [0.1, 0.15) is 12.0 Å². The highest BCUT2D eigenvalue weighted by Crippen LogP contribution is 2.26. The quantitative estimate of drug-likeness (QED) is 0.838. The summed E-state index contributed by atoms with van der Waals surface area (Å²) in [4.78, 5) is 14.0. The van der Waals surface area contributed by atoms with Crippen molar-refractivity contribution in [3.8, 4) is 11.5 Å². The molecule has 0 aromatic heterocycles. The summed E-state index contributed by atoms with van der Waals surface area (Å²) in [5, 5.41) is 9.19. The number of carbonyl (C=O) groups is 1. The highest BCUT2D eigenvalue weighted by Gasteiger charge is 2.29. The van der Waals surface area contributed by atoms with Crippen molar-refractivity contribution >= 4 is 17.7 Å². The predicted octanol–water partition coefficient (Wildman–Crippen LogP) is 3.31. The van der Waals surface area contributed by atoms with Crippen molar-refractivity contribution in [2.45, 2.75) is 18.2 Å². The van der Waals surface area contributed by atoms with Crippen LogP contribution in [0.25, 0.3) is 0 Å². The van der Waals surface area contributed by atoms with Crippen molar-refractivity contribution in [2.75, 3.05) is 18.9 Å². The molecule has 1 atom stereocenters. The minimum absolute atomic E-state index is 0.165. The molecule has 1 aliphatic heterocycles. The summed E-state index contributed by atoms with van der Waals surface area (Å²) in [5.41, 5.74) is 1.09. The van der Waals surface area contributed by atoms with Crippen molar-refractivity contribution in [1.29, 1.82) is 0 Å². The number of aliphatic hydroxyl groups is 1. The summed E-state index contributed by atoms with van der Waals surface area (Å²) in [6.45, 7) is 1.55. The van der Waals surface area contributed by atoms with Crippen LogP contribution in [-0.4, -0.2) is 40.1 Å². The number of para-hydroxylation sites is 1. The summed E-state index contributed by atoms with van der Waals surface area (Å²) >= 11 is 1.67. The van der Waals surface area contributed by atoms with Gasteiger partial charge in [0, 0.05) is 30.5 Å². The highest BCUT2D eigenvalue weighted by atomic mass is 32.2. The third kappa shape index (κ3) is 4.52. The Morgan fingerprint density at radius 3 is 2.50 bits per heavy atom. The van der Waals surface area contributed by atoms with E-state index in [9.17, 15) is 4.79 Å². The van der Waals surface area contributed by atoms with Crippen LogP contribution in [0.5, 0.6) is 11.5 Å². The van der Waals surface area contributed by atoms with Gasteiger partial charge in [0.25, 0.3) is 0 Å². The Balaban J connectivity index is 1.55. The largest absolute Gasteiger partial charge is 0.457 e. The van der Waals surface area contributed by atoms with Gasteiger partial charge < -0.3 is 14.7 Å². The smallest absolute Gasteiger partial charge is 0.224 e. The number of nitrogens with zero attached hydrogens (tertiary/aromatic N) is 1. The summed E-state index contributed by atoms with van der Waals surface area (Å²) in [6.07, 6.45) is 0.569. The molecule has 1 heterocycles. The molecular formula is C19H21NO3S. The molecule has 2 aromatic rings. The fraction of sp³-hybridized carbons (Fsp3) is 0.316. The number of benzene rings is 2. The Kier molecular flexibility index (Phi) is 5.77. The summed E-state index contributed by atoms with van der Waals surface area (Å²) in [6, 6.07) is 17.5. The number of amides is 1. The second-order valence-electron chi connectivity index (χ2n) is 5.75. The molecule has 5 heteroatoms. The lowest BCUT2D eigenvalue weighted by molar-refractivity contribution is -0.128. The zero-order valence-corrected chi connectivity index (χ0v) is 14.2. The second kappa shape index (κ2) is 8.22. The summed E-state index contributed by atoms with van der Waals surface area (Å²) < 4.78 is 5.78. The first-order valence-corrected chi connectivity index (χ1v) is 9.11. The van der Waals surface area contributed by atoms with Crippen LogP contribution in [0, 0.1) is 0 Å². The third-order valence-electron chi connectivity index (χ3n) is 3.90. The molecule has 0 bridgehead atoms. The van der Waals surface area contributed by atoms with E-state index in [1.165, 1.54) is 0 Å². The Labute approximate surface area is 146 Å². The molecule has 1 aliphatic rings. The monoisotopic (exact) mass is 343 g/mol. The number of ether oxygens (including phenoxy) is 1. The molecule has 1 N–H and O–H groups in total. The molecule has 3 rings (SSSR count). The lowest BCUT2D eigenvalue weighted by atomic mass is 10.2. The van der Waals surface area contributed by atoms with Crippen molar-refractivity contribution in [2.24, 2.45) is 0 Å². The Bertz CT molecular complexity index is 660. The van der Waals surface area contributed by atoms with Gasteiger partial charge in [-0.25, -0.2) is 0 Å². The van der Waals surface area contributed by atoms with E-state index in [0.29, 0.717) is 24.0 Å². The van der Waals surface area contributed by atoms with Gasteiger partial charge in [0.05, 0.1) is 6.61 Å². The summed E-state index contributed by atoms with van der Waals surface area (Å²) in [5.74, 6) is 2.48. The first kappa shape index (κ1) is 16.9. The van der Waals surface area contributed by atoms with Gasteiger partial charge in [0.1, 0.15) is 11.5 Å². The van der Waals surface area contributed by atoms with Gasteiger partial charge in [-0.05, 0) is 29.8 Å². The number of rotatable bonds is 7. The topological polar surface area (TPSA) is 49.8 Å².